The first kappa shape index (κ1) is 13.9. The van der Waals surface area contributed by atoms with Crippen LogP contribution in [-0.2, 0) is 0 Å². The number of hydrogen-bond donors (Lipinski definition) is 0. The van der Waals surface area contributed by atoms with Gasteiger partial charge >= 0.3 is 0 Å². The van der Waals surface area contributed by atoms with E-state index in [1.165, 1.54) is 35.6 Å². The second-order valence-corrected chi connectivity index (χ2v) is 7.09. The van der Waals surface area contributed by atoms with Crippen LogP contribution in [0.25, 0.3) is 0 Å². The molecular weight excluding hydrogens is 238 g/mol. The zero-order chi connectivity index (χ0) is 13.1. The second-order valence-electron chi connectivity index (χ2n) is 5.96. The lowest BCUT2D eigenvalue weighted by molar-refractivity contribution is 0.439. The molecule has 1 aromatic heterocycles. The molecule has 0 saturated heterocycles. The normalized spacial score (nSPS) is 20.7. The summed E-state index contributed by atoms with van der Waals surface area (Å²) in [5, 5.41) is 0. The number of rotatable bonds is 2. The maximum Gasteiger partial charge on any atom is 0.0475 e. The van der Waals surface area contributed by atoms with E-state index in [0.717, 1.165) is 0 Å². The van der Waals surface area contributed by atoms with Crippen molar-refractivity contribution >= 4 is 11.8 Å². The van der Waals surface area contributed by atoms with Crippen LogP contribution in [-0.4, -0.2) is 10.7 Å². The first-order valence-electron chi connectivity index (χ1n) is 7.22. The molecule has 0 aliphatic carbocycles. The van der Waals surface area contributed by atoms with Crippen molar-refractivity contribution in [2.45, 2.75) is 63.7 Å². The SMILES string of the molecule is CC(C)c1nccc2c1C(C(C)C)CCCCS2. The number of pyridine rings is 1. The van der Waals surface area contributed by atoms with Crippen molar-refractivity contribution in [3.05, 3.63) is 23.5 Å². The van der Waals surface area contributed by atoms with Gasteiger partial charge in [-0.25, -0.2) is 0 Å². The van der Waals surface area contributed by atoms with Crippen LogP contribution in [0.2, 0.25) is 0 Å². The Hall–Kier alpha value is -0.500. The van der Waals surface area contributed by atoms with Gasteiger partial charge in [0, 0.05) is 16.8 Å². The lowest BCUT2D eigenvalue weighted by Gasteiger charge is -2.28. The van der Waals surface area contributed by atoms with E-state index < -0.39 is 0 Å². The van der Waals surface area contributed by atoms with E-state index in [2.05, 4.69) is 38.7 Å². The van der Waals surface area contributed by atoms with Gasteiger partial charge in [0.2, 0.25) is 0 Å². The molecule has 1 nitrogen and oxygen atoms in total. The summed E-state index contributed by atoms with van der Waals surface area (Å²) in [6.07, 6.45) is 6.05. The Morgan fingerprint density at radius 3 is 2.67 bits per heavy atom. The highest BCUT2D eigenvalue weighted by Crippen LogP contribution is 2.41. The van der Waals surface area contributed by atoms with Gasteiger partial charge in [0.25, 0.3) is 0 Å². The molecular formula is C16H25NS. The van der Waals surface area contributed by atoms with E-state index in [9.17, 15) is 0 Å². The third-order valence-corrected chi connectivity index (χ3v) is 5.03. The molecule has 0 saturated carbocycles. The van der Waals surface area contributed by atoms with Crippen LogP contribution in [0, 0.1) is 5.92 Å². The van der Waals surface area contributed by atoms with E-state index in [4.69, 9.17) is 0 Å². The molecule has 2 heteroatoms. The van der Waals surface area contributed by atoms with Crippen molar-refractivity contribution in [2.24, 2.45) is 5.92 Å². The van der Waals surface area contributed by atoms with Crippen LogP contribution in [0.3, 0.4) is 0 Å². The predicted octanol–water partition coefficient (Wildman–Crippen LogP) is 5.22. The molecule has 0 aromatic carbocycles. The minimum Gasteiger partial charge on any atom is -0.261 e. The van der Waals surface area contributed by atoms with Crippen molar-refractivity contribution in [1.82, 2.24) is 4.98 Å². The summed E-state index contributed by atoms with van der Waals surface area (Å²) in [5.41, 5.74) is 2.90. The Labute approximate surface area is 116 Å². The van der Waals surface area contributed by atoms with Gasteiger partial charge in [-0.1, -0.05) is 34.1 Å². The minimum absolute atomic E-state index is 0.529. The molecule has 1 aliphatic heterocycles. The van der Waals surface area contributed by atoms with Crippen molar-refractivity contribution in [1.29, 1.82) is 0 Å². The smallest absolute Gasteiger partial charge is 0.0475 e. The summed E-state index contributed by atoms with van der Waals surface area (Å²) in [7, 11) is 0. The first-order valence-corrected chi connectivity index (χ1v) is 8.21. The van der Waals surface area contributed by atoms with Gasteiger partial charge in [-0.2, -0.15) is 0 Å². The largest absolute Gasteiger partial charge is 0.261 e. The third-order valence-electron chi connectivity index (χ3n) is 3.87. The van der Waals surface area contributed by atoms with Crippen molar-refractivity contribution < 1.29 is 0 Å². The maximum absolute atomic E-state index is 4.68. The van der Waals surface area contributed by atoms with Gasteiger partial charge in [-0.15, -0.1) is 11.8 Å². The molecule has 0 spiro atoms. The lowest BCUT2D eigenvalue weighted by atomic mass is 9.81. The lowest BCUT2D eigenvalue weighted by Crippen LogP contribution is -2.14. The maximum atomic E-state index is 4.68. The van der Waals surface area contributed by atoms with Crippen LogP contribution < -0.4 is 0 Å². The van der Waals surface area contributed by atoms with Gasteiger partial charge in [-0.05, 0) is 48.0 Å². The molecule has 0 amide bonds. The van der Waals surface area contributed by atoms with Crippen LogP contribution in [0.15, 0.2) is 17.2 Å². The molecule has 1 aliphatic rings. The van der Waals surface area contributed by atoms with E-state index in [1.54, 1.807) is 5.56 Å². The van der Waals surface area contributed by atoms with Crippen molar-refractivity contribution in [2.75, 3.05) is 5.75 Å². The topological polar surface area (TPSA) is 12.9 Å². The summed E-state index contributed by atoms with van der Waals surface area (Å²) in [6, 6.07) is 2.23. The molecule has 1 unspecified atom stereocenters. The number of fused-ring (bicyclic) bond motifs is 1. The molecule has 1 aromatic rings. The van der Waals surface area contributed by atoms with Crippen LogP contribution in [0.5, 0.6) is 0 Å². The Kier molecular flexibility index (Phi) is 4.71. The summed E-state index contributed by atoms with van der Waals surface area (Å²) >= 11 is 2.04. The van der Waals surface area contributed by atoms with Crippen molar-refractivity contribution in [3.8, 4) is 0 Å². The molecule has 0 fully saturated rings. The standard InChI is InChI=1S/C16H25NS/c1-11(2)13-7-5-6-10-18-14-8-9-17-16(12(3)4)15(13)14/h8-9,11-13H,5-7,10H2,1-4H3. The molecule has 1 atom stereocenters. The second kappa shape index (κ2) is 6.10. The van der Waals surface area contributed by atoms with Gasteiger partial charge in [0.1, 0.15) is 0 Å². The fraction of sp³-hybridized carbons (Fsp3) is 0.688. The number of hydrogen-bond acceptors (Lipinski definition) is 2. The Bertz CT molecular complexity index is 398. The quantitative estimate of drug-likeness (QED) is 0.725. The molecule has 0 radical (unpaired) electrons. The molecule has 0 N–H and O–H groups in total. The number of nitrogens with zero attached hydrogens (tertiary/aromatic N) is 1. The highest BCUT2D eigenvalue weighted by atomic mass is 32.2. The third kappa shape index (κ3) is 2.90. The fourth-order valence-corrected chi connectivity index (χ4v) is 4.03. The van der Waals surface area contributed by atoms with E-state index in [-0.39, 0.29) is 0 Å². The summed E-state index contributed by atoms with van der Waals surface area (Å²) in [5.74, 6) is 3.20. The van der Waals surface area contributed by atoms with E-state index in [0.29, 0.717) is 17.8 Å². The zero-order valence-electron chi connectivity index (χ0n) is 12.1. The monoisotopic (exact) mass is 263 g/mol. The predicted molar refractivity (Wildman–Crippen MR) is 80.5 cm³/mol. The van der Waals surface area contributed by atoms with Crippen LogP contribution in [0.4, 0.5) is 0 Å². The van der Waals surface area contributed by atoms with E-state index >= 15 is 0 Å². The molecule has 18 heavy (non-hydrogen) atoms. The molecule has 2 heterocycles. The average molecular weight is 263 g/mol. The van der Waals surface area contributed by atoms with Crippen molar-refractivity contribution in [3.63, 3.8) is 0 Å². The minimum atomic E-state index is 0.529. The number of aromatic nitrogens is 1. The molecule has 2 rings (SSSR count). The van der Waals surface area contributed by atoms with Gasteiger partial charge in [0.15, 0.2) is 0 Å². The molecule has 0 bridgehead atoms. The zero-order valence-corrected chi connectivity index (χ0v) is 12.9. The molecule has 100 valence electrons. The highest BCUT2D eigenvalue weighted by molar-refractivity contribution is 7.99. The number of thioether (sulfide) groups is 1. The van der Waals surface area contributed by atoms with Gasteiger partial charge < -0.3 is 0 Å². The highest BCUT2D eigenvalue weighted by Gasteiger charge is 2.25. The fourth-order valence-electron chi connectivity index (χ4n) is 2.89. The Balaban J connectivity index is 2.51. The summed E-state index contributed by atoms with van der Waals surface area (Å²) in [6.45, 7) is 9.25. The average Bonchev–Trinajstić information content (AvgIpc) is 2.28. The van der Waals surface area contributed by atoms with E-state index in [1.807, 2.05) is 18.0 Å². The van der Waals surface area contributed by atoms with Crippen LogP contribution in [0.1, 0.15) is 70.1 Å². The van der Waals surface area contributed by atoms with Crippen LogP contribution >= 0.6 is 11.8 Å². The Morgan fingerprint density at radius 2 is 2.00 bits per heavy atom. The summed E-state index contributed by atoms with van der Waals surface area (Å²) in [4.78, 5) is 6.18. The first-order chi connectivity index (χ1) is 8.61. The Morgan fingerprint density at radius 1 is 1.22 bits per heavy atom. The van der Waals surface area contributed by atoms with Gasteiger partial charge in [-0.3, -0.25) is 4.98 Å². The summed E-state index contributed by atoms with van der Waals surface area (Å²) < 4.78 is 0. The van der Waals surface area contributed by atoms with Gasteiger partial charge in [0.05, 0.1) is 0 Å².